The lowest BCUT2D eigenvalue weighted by Gasteiger charge is -2.06. The lowest BCUT2D eigenvalue weighted by atomic mass is 10.2. The molecule has 104 valence electrons. The van der Waals surface area contributed by atoms with Crippen molar-refractivity contribution in [1.29, 1.82) is 0 Å². The number of pyridine rings is 1. The number of amides is 1. The largest absolute Gasteiger partial charge is 0.351 e. The molecule has 3 nitrogen and oxygen atoms in total. The van der Waals surface area contributed by atoms with Crippen LogP contribution in [0.25, 0.3) is 0 Å². The second-order valence-electron chi connectivity index (χ2n) is 3.99. The van der Waals surface area contributed by atoms with Gasteiger partial charge in [0.1, 0.15) is 5.03 Å². The molecule has 1 heterocycles. The van der Waals surface area contributed by atoms with Crippen LogP contribution in [0, 0.1) is 0 Å². The summed E-state index contributed by atoms with van der Waals surface area (Å²) in [7, 11) is 0. The van der Waals surface area contributed by atoms with E-state index in [0.717, 1.165) is 5.56 Å². The molecule has 1 aromatic heterocycles. The average Bonchev–Trinajstić information content (AvgIpc) is 2.44. The number of halogens is 2. The van der Waals surface area contributed by atoms with Crippen molar-refractivity contribution in [3.8, 4) is 0 Å². The van der Waals surface area contributed by atoms with Gasteiger partial charge in [-0.05, 0) is 29.8 Å². The van der Waals surface area contributed by atoms with E-state index in [1.807, 2.05) is 18.2 Å². The Bertz CT molecular complexity index is 607. The second kappa shape index (κ2) is 7.53. The maximum Gasteiger partial charge on any atom is 0.230 e. The third-order valence-corrected chi connectivity index (χ3v) is 4.10. The summed E-state index contributed by atoms with van der Waals surface area (Å²) in [6.45, 7) is 0.454. The van der Waals surface area contributed by atoms with Crippen LogP contribution in [0.3, 0.4) is 0 Å². The first kappa shape index (κ1) is 15.2. The van der Waals surface area contributed by atoms with Crippen LogP contribution in [0.1, 0.15) is 5.56 Å². The van der Waals surface area contributed by atoms with Crippen molar-refractivity contribution in [3.63, 3.8) is 0 Å². The number of carbonyl (C=O) groups is 1. The molecule has 0 radical (unpaired) electrons. The summed E-state index contributed by atoms with van der Waals surface area (Å²) in [5.41, 5.74) is 0.965. The smallest absolute Gasteiger partial charge is 0.230 e. The third kappa shape index (κ3) is 4.71. The number of nitrogens with zero attached hydrogens (tertiary/aromatic N) is 1. The fourth-order valence-corrected chi connectivity index (χ4v) is 2.72. The van der Waals surface area contributed by atoms with E-state index in [2.05, 4.69) is 10.3 Å². The van der Waals surface area contributed by atoms with Crippen LogP contribution >= 0.6 is 35.0 Å². The lowest BCUT2D eigenvalue weighted by Crippen LogP contribution is -2.24. The van der Waals surface area contributed by atoms with E-state index in [-0.39, 0.29) is 11.7 Å². The Morgan fingerprint density at radius 1 is 1.25 bits per heavy atom. The number of benzene rings is 1. The van der Waals surface area contributed by atoms with Crippen LogP contribution in [-0.4, -0.2) is 16.6 Å². The Hall–Kier alpha value is -1.23. The van der Waals surface area contributed by atoms with Gasteiger partial charge in [0.2, 0.25) is 5.91 Å². The molecule has 1 aromatic carbocycles. The van der Waals surface area contributed by atoms with Crippen LogP contribution in [0.4, 0.5) is 0 Å². The minimum atomic E-state index is -0.0725. The molecule has 20 heavy (non-hydrogen) atoms. The van der Waals surface area contributed by atoms with Crippen molar-refractivity contribution in [1.82, 2.24) is 10.3 Å². The lowest BCUT2D eigenvalue weighted by molar-refractivity contribution is -0.118. The van der Waals surface area contributed by atoms with Gasteiger partial charge in [-0.1, -0.05) is 47.1 Å². The maximum absolute atomic E-state index is 11.8. The zero-order chi connectivity index (χ0) is 14.4. The highest BCUT2D eigenvalue weighted by molar-refractivity contribution is 8.00. The van der Waals surface area contributed by atoms with Gasteiger partial charge in [-0.2, -0.15) is 0 Å². The topological polar surface area (TPSA) is 42.0 Å². The van der Waals surface area contributed by atoms with E-state index in [0.29, 0.717) is 21.6 Å². The molecule has 0 fully saturated rings. The first-order chi connectivity index (χ1) is 9.65. The minimum Gasteiger partial charge on any atom is -0.351 e. The number of hydrogen-bond donors (Lipinski definition) is 1. The van der Waals surface area contributed by atoms with Gasteiger partial charge in [0.05, 0.1) is 10.8 Å². The average molecular weight is 327 g/mol. The van der Waals surface area contributed by atoms with Gasteiger partial charge in [0.25, 0.3) is 0 Å². The molecular weight excluding hydrogens is 315 g/mol. The van der Waals surface area contributed by atoms with Gasteiger partial charge in [0, 0.05) is 17.8 Å². The van der Waals surface area contributed by atoms with Crippen molar-refractivity contribution in [2.75, 3.05) is 5.75 Å². The predicted molar refractivity (Wildman–Crippen MR) is 83.3 cm³/mol. The molecule has 0 unspecified atom stereocenters. The summed E-state index contributed by atoms with van der Waals surface area (Å²) in [6, 6.07) is 10.9. The van der Waals surface area contributed by atoms with Crippen LogP contribution in [-0.2, 0) is 11.3 Å². The number of carbonyl (C=O) groups excluding carboxylic acids is 1. The highest BCUT2D eigenvalue weighted by Crippen LogP contribution is 2.23. The Morgan fingerprint density at radius 2 is 2.10 bits per heavy atom. The number of thioether (sulfide) groups is 1. The van der Waals surface area contributed by atoms with E-state index in [1.54, 1.807) is 24.4 Å². The zero-order valence-corrected chi connectivity index (χ0v) is 12.8. The fraction of sp³-hybridized carbons (Fsp3) is 0.143. The molecule has 0 aliphatic heterocycles. The highest BCUT2D eigenvalue weighted by Gasteiger charge is 2.06. The molecule has 2 rings (SSSR count). The van der Waals surface area contributed by atoms with Crippen molar-refractivity contribution >= 4 is 40.9 Å². The van der Waals surface area contributed by atoms with Gasteiger partial charge in [-0.15, -0.1) is 0 Å². The van der Waals surface area contributed by atoms with E-state index in [4.69, 9.17) is 23.2 Å². The molecule has 0 saturated heterocycles. The van der Waals surface area contributed by atoms with Crippen molar-refractivity contribution in [2.24, 2.45) is 0 Å². The van der Waals surface area contributed by atoms with Gasteiger partial charge in [-0.3, -0.25) is 4.79 Å². The van der Waals surface area contributed by atoms with Gasteiger partial charge in [-0.25, -0.2) is 4.98 Å². The molecule has 1 amide bonds. The predicted octanol–water partition coefficient (Wildman–Crippen LogP) is 3.80. The summed E-state index contributed by atoms with van der Waals surface area (Å²) in [4.78, 5) is 15.9. The van der Waals surface area contributed by atoms with E-state index in [9.17, 15) is 4.79 Å². The van der Waals surface area contributed by atoms with Gasteiger partial charge >= 0.3 is 0 Å². The Kier molecular flexibility index (Phi) is 5.71. The standard InChI is InChI=1S/C14H12Cl2N2OS/c15-11-4-1-3-10(7-11)8-18-13(19)9-20-14-12(16)5-2-6-17-14/h1-7H,8-9H2,(H,18,19). The van der Waals surface area contributed by atoms with E-state index < -0.39 is 0 Å². The number of nitrogens with one attached hydrogen (secondary N) is 1. The monoisotopic (exact) mass is 326 g/mol. The maximum atomic E-state index is 11.8. The summed E-state index contributed by atoms with van der Waals surface area (Å²) < 4.78 is 0. The molecule has 0 saturated carbocycles. The number of aromatic nitrogens is 1. The number of rotatable bonds is 5. The Labute approximate surface area is 131 Å². The molecular formula is C14H12Cl2N2OS. The normalized spacial score (nSPS) is 10.3. The molecule has 1 N–H and O–H groups in total. The van der Waals surface area contributed by atoms with Crippen molar-refractivity contribution in [3.05, 3.63) is 58.2 Å². The third-order valence-electron chi connectivity index (χ3n) is 2.44. The fourth-order valence-electron chi connectivity index (χ4n) is 1.51. The van der Waals surface area contributed by atoms with Crippen LogP contribution in [0.2, 0.25) is 10.0 Å². The Balaban J connectivity index is 1.80. The molecule has 0 spiro atoms. The van der Waals surface area contributed by atoms with Crippen LogP contribution < -0.4 is 5.32 Å². The number of hydrogen-bond acceptors (Lipinski definition) is 3. The summed E-state index contributed by atoms with van der Waals surface area (Å²) in [5.74, 6) is 0.203. The SMILES string of the molecule is O=C(CSc1ncccc1Cl)NCc1cccc(Cl)c1. The molecule has 6 heteroatoms. The summed E-state index contributed by atoms with van der Waals surface area (Å²) in [6.07, 6.45) is 1.65. The van der Waals surface area contributed by atoms with E-state index in [1.165, 1.54) is 11.8 Å². The van der Waals surface area contributed by atoms with Crippen LogP contribution in [0.5, 0.6) is 0 Å². The summed E-state index contributed by atoms with van der Waals surface area (Å²) in [5, 5.41) is 4.70. The van der Waals surface area contributed by atoms with Crippen LogP contribution in [0.15, 0.2) is 47.6 Å². The van der Waals surface area contributed by atoms with Gasteiger partial charge < -0.3 is 5.32 Å². The molecule has 2 aromatic rings. The first-order valence-corrected chi connectivity index (χ1v) is 7.64. The minimum absolute atomic E-state index is 0.0725. The Morgan fingerprint density at radius 3 is 2.85 bits per heavy atom. The molecule has 0 bridgehead atoms. The zero-order valence-electron chi connectivity index (χ0n) is 10.5. The van der Waals surface area contributed by atoms with Gasteiger partial charge in [0.15, 0.2) is 0 Å². The van der Waals surface area contributed by atoms with Crippen molar-refractivity contribution in [2.45, 2.75) is 11.6 Å². The van der Waals surface area contributed by atoms with Crippen molar-refractivity contribution < 1.29 is 4.79 Å². The van der Waals surface area contributed by atoms with E-state index >= 15 is 0 Å². The first-order valence-electron chi connectivity index (χ1n) is 5.89. The molecule has 0 aliphatic carbocycles. The second-order valence-corrected chi connectivity index (χ2v) is 5.79. The highest BCUT2D eigenvalue weighted by atomic mass is 35.5. The molecule has 0 aliphatic rings. The molecule has 0 atom stereocenters. The quantitative estimate of drug-likeness (QED) is 0.850. The summed E-state index contributed by atoms with van der Waals surface area (Å²) >= 11 is 13.2.